The van der Waals surface area contributed by atoms with Gasteiger partial charge in [-0.15, -0.1) is 0 Å². The number of benzene rings is 1. The molecule has 7 nitrogen and oxygen atoms in total. The first-order chi connectivity index (χ1) is 15.5. The lowest BCUT2D eigenvalue weighted by molar-refractivity contribution is -0.129. The van der Waals surface area contributed by atoms with Crippen molar-refractivity contribution < 1.29 is 9.53 Å². The molecule has 0 saturated carbocycles. The van der Waals surface area contributed by atoms with E-state index in [2.05, 4.69) is 36.3 Å². The molecular weight excluding hydrogens is 402 g/mol. The van der Waals surface area contributed by atoms with E-state index in [1.165, 1.54) is 16.8 Å². The van der Waals surface area contributed by atoms with E-state index in [0.29, 0.717) is 5.92 Å². The zero-order chi connectivity index (χ0) is 22.7. The lowest BCUT2D eigenvalue weighted by Crippen LogP contribution is -2.37. The number of rotatable bonds is 6. The van der Waals surface area contributed by atoms with Gasteiger partial charge in [-0.1, -0.05) is 19.1 Å². The van der Waals surface area contributed by atoms with Crippen LogP contribution in [0.1, 0.15) is 67.7 Å². The van der Waals surface area contributed by atoms with Gasteiger partial charge in [0.25, 0.3) is 0 Å². The Morgan fingerprint density at radius 1 is 1.19 bits per heavy atom. The van der Waals surface area contributed by atoms with Crippen LogP contribution in [0.4, 0.5) is 5.82 Å². The number of ether oxygens (including phenoxy) is 1. The zero-order valence-corrected chi connectivity index (χ0v) is 19.7. The second-order valence-electron chi connectivity index (χ2n) is 9.00. The van der Waals surface area contributed by atoms with Crippen LogP contribution in [0.15, 0.2) is 24.3 Å². The smallest absolute Gasteiger partial charge is 0.219 e. The van der Waals surface area contributed by atoms with Crippen molar-refractivity contribution in [2.75, 3.05) is 39.1 Å². The summed E-state index contributed by atoms with van der Waals surface area (Å²) in [5.74, 6) is 3.23. The molecule has 2 aromatic rings. The van der Waals surface area contributed by atoms with Crippen LogP contribution in [0.2, 0.25) is 0 Å². The van der Waals surface area contributed by atoms with Crippen LogP contribution < -0.4 is 10.1 Å². The van der Waals surface area contributed by atoms with E-state index >= 15 is 0 Å². The maximum atomic E-state index is 11.7. The quantitative estimate of drug-likeness (QED) is 0.742. The van der Waals surface area contributed by atoms with Gasteiger partial charge < -0.3 is 19.9 Å². The highest BCUT2D eigenvalue weighted by molar-refractivity contribution is 5.73. The summed E-state index contributed by atoms with van der Waals surface area (Å²) in [5.41, 5.74) is 3.62. The summed E-state index contributed by atoms with van der Waals surface area (Å²) >= 11 is 0. The van der Waals surface area contributed by atoms with E-state index in [4.69, 9.17) is 14.7 Å². The third-order valence-corrected chi connectivity index (χ3v) is 6.81. The fourth-order valence-electron chi connectivity index (χ4n) is 4.75. The average Bonchev–Trinajstić information content (AvgIpc) is 2.82. The maximum absolute atomic E-state index is 11.7. The van der Waals surface area contributed by atoms with Crippen molar-refractivity contribution in [3.8, 4) is 5.75 Å². The molecule has 172 valence electrons. The van der Waals surface area contributed by atoms with Crippen molar-refractivity contribution in [3.05, 3.63) is 46.9 Å². The molecule has 1 N–H and O–H groups in total. The number of piperidine rings is 1. The van der Waals surface area contributed by atoms with E-state index < -0.39 is 0 Å². The van der Waals surface area contributed by atoms with Crippen LogP contribution in [0.25, 0.3) is 0 Å². The van der Waals surface area contributed by atoms with Crippen molar-refractivity contribution in [2.24, 2.45) is 0 Å². The fourth-order valence-corrected chi connectivity index (χ4v) is 4.75. The van der Waals surface area contributed by atoms with Crippen LogP contribution in [0.3, 0.4) is 0 Å². The highest BCUT2D eigenvalue weighted by Crippen LogP contribution is 2.33. The highest BCUT2D eigenvalue weighted by Gasteiger charge is 2.28. The summed E-state index contributed by atoms with van der Waals surface area (Å²) in [6, 6.07) is 8.43. The van der Waals surface area contributed by atoms with Crippen molar-refractivity contribution in [3.63, 3.8) is 0 Å². The SMILES string of the molecule is CCC(Nc1nc(C2CCN(C(C)=O)CC2)nc2c1CN(C)CC2)c1ccc(OC)cc1. The van der Waals surface area contributed by atoms with Crippen LogP contribution in [0.5, 0.6) is 5.75 Å². The fraction of sp³-hybridized carbons (Fsp3) is 0.560. The van der Waals surface area contributed by atoms with Gasteiger partial charge in [0, 0.05) is 51.0 Å². The van der Waals surface area contributed by atoms with Crippen LogP contribution in [-0.2, 0) is 17.8 Å². The van der Waals surface area contributed by atoms with E-state index in [-0.39, 0.29) is 11.9 Å². The molecule has 2 aliphatic rings. The van der Waals surface area contributed by atoms with E-state index in [1.807, 2.05) is 17.0 Å². The van der Waals surface area contributed by atoms with E-state index in [1.54, 1.807) is 14.0 Å². The third-order valence-electron chi connectivity index (χ3n) is 6.81. The number of anilines is 1. The lowest BCUT2D eigenvalue weighted by atomic mass is 9.95. The monoisotopic (exact) mass is 437 g/mol. The zero-order valence-electron chi connectivity index (χ0n) is 19.7. The molecule has 1 aromatic heterocycles. The Balaban J connectivity index is 1.62. The molecule has 1 saturated heterocycles. The molecule has 32 heavy (non-hydrogen) atoms. The van der Waals surface area contributed by atoms with Crippen molar-refractivity contribution >= 4 is 11.7 Å². The largest absolute Gasteiger partial charge is 0.497 e. The van der Waals surface area contributed by atoms with Gasteiger partial charge in [-0.05, 0) is 44.0 Å². The number of aromatic nitrogens is 2. The molecule has 0 spiro atoms. The van der Waals surface area contributed by atoms with E-state index in [0.717, 1.165) is 69.3 Å². The maximum Gasteiger partial charge on any atom is 0.219 e. The summed E-state index contributed by atoms with van der Waals surface area (Å²) < 4.78 is 5.32. The molecule has 0 radical (unpaired) electrons. The van der Waals surface area contributed by atoms with Gasteiger partial charge in [0.15, 0.2) is 0 Å². The van der Waals surface area contributed by atoms with Gasteiger partial charge in [0.2, 0.25) is 5.91 Å². The minimum atomic E-state index is 0.158. The first-order valence-electron chi connectivity index (χ1n) is 11.7. The number of likely N-dealkylation sites (N-methyl/N-ethyl adjacent to an activating group) is 1. The average molecular weight is 438 g/mol. The van der Waals surface area contributed by atoms with Crippen molar-refractivity contribution in [1.29, 1.82) is 0 Å². The predicted molar refractivity (Wildman–Crippen MR) is 126 cm³/mol. The summed E-state index contributed by atoms with van der Waals surface area (Å²) in [5, 5.41) is 3.75. The Kier molecular flexibility index (Phi) is 6.94. The molecule has 1 unspecified atom stereocenters. The molecule has 1 amide bonds. The van der Waals surface area contributed by atoms with Crippen LogP contribution in [0, 0.1) is 0 Å². The van der Waals surface area contributed by atoms with Crippen LogP contribution >= 0.6 is 0 Å². The molecule has 1 fully saturated rings. The first kappa shape index (κ1) is 22.5. The van der Waals surface area contributed by atoms with Gasteiger partial charge in [0.1, 0.15) is 17.4 Å². The first-order valence-corrected chi connectivity index (χ1v) is 11.7. The summed E-state index contributed by atoms with van der Waals surface area (Å²) in [6.07, 6.45) is 3.75. The topological polar surface area (TPSA) is 70.6 Å². The minimum Gasteiger partial charge on any atom is -0.497 e. The third kappa shape index (κ3) is 4.88. The summed E-state index contributed by atoms with van der Waals surface area (Å²) in [7, 11) is 3.84. The number of fused-ring (bicyclic) bond motifs is 1. The number of carbonyl (C=O) groups excluding carboxylic acids is 1. The van der Waals surface area contributed by atoms with Crippen molar-refractivity contribution in [1.82, 2.24) is 19.8 Å². The molecule has 2 aliphatic heterocycles. The number of methoxy groups -OCH3 is 1. The molecule has 1 aromatic carbocycles. The normalized spacial score (nSPS) is 18.2. The molecule has 3 heterocycles. The Morgan fingerprint density at radius 3 is 2.53 bits per heavy atom. The van der Waals surface area contributed by atoms with Gasteiger partial charge in [0.05, 0.1) is 18.8 Å². The Labute approximate surface area is 191 Å². The number of amides is 1. The highest BCUT2D eigenvalue weighted by atomic mass is 16.5. The summed E-state index contributed by atoms with van der Waals surface area (Å²) in [4.78, 5) is 26.1. The standard InChI is InChI=1S/C25H35N5O2/c1-5-22(18-6-8-20(32-4)9-7-18)26-25-21-16-29(3)13-12-23(21)27-24(28-25)19-10-14-30(15-11-19)17(2)31/h6-9,19,22H,5,10-16H2,1-4H3,(H,26,27,28). The van der Waals surface area contributed by atoms with Crippen molar-refractivity contribution in [2.45, 2.75) is 58.0 Å². The number of likely N-dealkylation sites (tertiary alicyclic amines) is 1. The molecule has 1 atom stereocenters. The molecular formula is C25H35N5O2. The number of carbonyl (C=O) groups is 1. The Morgan fingerprint density at radius 2 is 1.91 bits per heavy atom. The molecule has 0 aliphatic carbocycles. The van der Waals surface area contributed by atoms with Gasteiger partial charge >= 0.3 is 0 Å². The Hall–Kier alpha value is -2.67. The second kappa shape index (κ2) is 9.86. The number of nitrogens with one attached hydrogen (secondary N) is 1. The van der Waals surface area contributed by atoms with Gasteiger partial charge in [-0.25, -0.2) is 9.97 Å². The van der Waals surface area contributed by atoms with Gasteiger partial charge in [-0.3, -0.25) is 4.79 Å². The molecule has 0 bridgehead atoms. The second-order valence-corrected chi connectivity index (χ2v) is 9.00. The Bertz CT molecular complexity index is 938. The number of nitrogens with zero attached hydrogens (tertiary/aromatic N) is 4. The summed E-state index contributed by atoms with van der Waals surface area (Å²) in [6.45, 7) is 7.30. The van der Waals surface area contributed by atoms with Crippen LogP contribution in [-0.4, -0.2) is 59.5 Å². The molecule has 4 rings (SSSR count). The number of hydrogen-bond donors (Lipinski definition) is 1. The minimum absolute atomic E-state index is 0.158. The lowest BCUT2D eigenvalue weighted by Gasteiger charge is -2.32. The number of hydrogen-bond acceptors (Lipinski definition) is 6. The predicted octanol–water partition coefficient (Wildman–Crippen LogP) is 3.76. The van der Waals surface area contributed by atoms with E-state index in [9.17, 15) is 4.79 Å². The molecule has 7 heteroatoms. The van der Waals surface area contributed by atoms with Gasteiger partial charge in [-0.2, -0.15) is 0 Å².